The Bertz CT molecular complexity index is 2050. The van der Waals surface area contributed by atoms with Crippen LogP contribution in [-0.2, 0) is 29.2 Å². The number of amides is 3. The highest BCUT2D eigenvalue weighted by molar-refractivity contribution is 7.09. The number of ether oxygens (including phenoxy) is 1. The third kappa shape index (κ3) is 9.60. The Balaban J connectivity index is 0.979. The number of nitrogens with zero attached hydrogens (tertiary/aromatic N) is 3. The van der Waals surface area contributed by atoms with Gasteiger partial charge in [0.1, 0.15) is 11.8 Å². The van der Waals surface area contributed by atoms with Crippen molar-refractivity contribution in [1.29, 1.82) is 0 Å². The molecule has 0 bridgehead atoms. The summed E-state index contributed by atoms with van der Waals surface area (Å²) in [6.07, 6.45) is 9.90. The monoisotopic (exact) mass is 805 g/mol. The number of rotatable bonds is 12. The summed E-state index contributed by atoms with van der Waals surface area (Å²) >= 11 is 1.56. The number of carbonyl (C=O) groups excluding carboxylic acids is 3. The molecule has 0 radical (unpaired) electrons. The van der Waals surface area contributed by atoms with Crippen LogP contribution in [0.25, 0.3) is 10.8 Å². The fraction of sp³-hybridized carbons (Fsp3) is 0.511. The highest BCUT2D eigenvalue weighted by Crippen LogP contribution is 2.44. The summed E-state index contributed by atoms with van der Waals surface area (Å²) in [6, 6.07) is 24.6. The van der Waals surface area contributed by atoms with Crippen molar-refractivity contribution in [3.63, 3.8) is 0 Å². The van der Waals surface area contributed by atoms with Crippen LogP contribution in [-0.4, -0.2) is 83.5 Å². The second kappa shape index (κ2) is 18.7. The van der Waals surface area contributed by atoms with E-state index in [0.29, 0.717) is 30.7 Å². The topological polar surface area (TPSA) is 120 Å². The van der Waals surface area contributed by atoms with Gasteiger partial charge in [0.15, 0.2) is 0 Å². The summed E-state index contributed by atoms with van der Waals surface area (Å²) < 4.78 is 15.5. The Hall–Kier alpha value is -4.29. The molecule has 1 spiro atoms. The van der Waals surface area contributed by atoms with Crippen LogP contribution in [0, 0.1) is 11.3 Å². The smallest absolute Gasteiger partial charge is 0.410 e. The Morgan fingerprint density at radius 1 is 0.879 bits per heavy atom. The van der Waals surface area contributed by atoms with E-state index in [9.17, 15) is 11.0 Å². The molecule has 8 rings (SSSR count). The molecule has 0 unspecified atom stereocenters. The molecule has 11 heteroatoms. The summed E-state index contributed by atoms with van der Waals surface area (Å²) in [5.41, 5.74) is 8.62. The van der Waals surface area contributed by atoms with Crippen LogP contribution in [0.5, 0.6) is 5.75 Å². The van der Waals surface area contributed by atoms with Crippen molar-refractivity contribution in [1.82, 2.24) is 25.3 Å². The lowest BCUT2D eigenvalue weighted by Gasteiger charge is -2.43. The van der Waals surface area contributed by atoms with E-state index in [0.717, 1.165) is 98.6 Å². The maximum atomic E-state index is 15.0. The molecule has 10 nitrogen and oxygen atoms in total. The lowest BCUT2D eigenvalue weighted by Crippen LogP contribution is -2.65. The summed E-state index contributed by atoms with van der Waals surface area (Å²) in [4.78, 5) is 49.9. The second-order valence-electron chi connectivity index (χ2n) is 17.1. The van der Waals surface area contributed by atoms with Gasteiger partial charge in [-0.3, -0.25) is 14.5 Å². The van der Waals surface area contributed by atoms with E-state index in [4.69, 9.17) is 10.5 Å². The average molecular weight is 806 g/mol. The van der Waals surface area contributed by atoms with Crippen molar-refractivity contribution in [2.24, 2.45) is 17.0 Å². The Morgan fingerprint density at radius 2 is 1.66 bits per heavy atom. The van der Waals surface area contributed by atoms with Gasteiger partial charge in [0.25, 0.3) is 0 Å². The van der Waals surface area contributed by atoms with E-state index in [1.165, 1.54) is 12.0 Å². The predicted octanol–water partition coefficient (Wildman–Crippen LogP) is 7.45. The minimum Gasteiger partial charge on any atom is -0.410 e. The largest absolute Gasteiger partial charge is 0.415 e. The quantitative estimate of drug-likeness (QED) is 0.136. The molecule has 308 valence electrons. The maximum absolute atomic E-state index is 15.0. The normalized spacial score (nSPS) is 24.4. The summed E-state index contributed by atoms with van der Waals surface area (Å²) in [5.74, 6) is -0.728. The van der Waals surface area contributed by atoms with Crippen molar-refractivity contribution in [2.45, 2.75) is 108 Å². The van der Waals surface area contributed by atoms with Gasteiger partial charge in [-0.2, -0.15) is 0 Å². The number of likely N-dealkylation sites (tertiary alicyclic amines) is 1. The molecule has 2 saturated carbocycles. The van der Waals surface area contributed by atoms with Crippen LogP contribution >= 0.6 is 11.3 Å². The first-order valence-corrected chi connectivity index (χ1v) is 22.4. The fourth-order valence-electron chi connectivity index (χ4n) is 9.96. The van der Waals surface area contributed by atoms with Crippen LogP contribution in [0.1, 0.15) is 88.0 Å². The third-order valence-electron chi connectivity index (χ3n) is 13.2. The highest BCUT2D eigenvalue weighted by Gasteiger charge is 2.44. The number of thiophene rings is 1. The van der Waals surface area contributed by atoms with E-state index >= 15 is 4.79 Å². The molecule has 3 heterocycles. The second-order valence-corrected chi connectivity index (χ2v) is 18.1. The van der Waals surface area contributed by atoms with Gasteiger partial charge in [-0.1, -0.05) is 98.8 Å². The van der Waals surface area contributed by atoms with E-state index in [2.05, 4.69) is 45.9 Å². The Morgan fingerprint density at radius 3 is 2.41 bits per heavy atom. The number of piperazine rings is 1. The van der Waals surface area contributed by atoms with Gasteiger partial charge in [0.2, 0.25) is 11.8 Å². The molecule has 2 saturated heterocycles. The van der Waals surface area contributed by atoms with Gasteiger partial charge < -0.3 is 30.9 Å². The first-order chi connectivity index (χ1) is 28.7. The molecule has 3 amide bonds. The van der Waals surface area contributed by atoms with Crippen molar-refractivity contribution in [2.75, 3.05) is 32.7 Å². The van der Waals surface area contributed by atoms with Crippen LogP contribution in [0.2, 0.25) is 0 Å². The fourth-order valence-corrected chi connectivity index (χ4v) is 10.6. The SMILES string of the molecule is [2H]C1(C[C@H](NC2CCC3(CC2)CCN(Cc2ccccc2)C3)C(=O)N2CCN(C(=O)Oc3ccc(CN)c4ccccc34)C[C@H]2C(=O)NCc2cccs2)CCCCC1. The minimum absolute atomic E-state index is 0.00380. The number of carbonyl (C=O) groups is 3. The van der Waals surface area contributed by atoms with Gasteiger partial charge in [-0.25, -0.2) is 4.79 Å². The molecule has 4 aliphatic rings. The summed E-state index contributed by atoms with van der Waals surface area (Å²) in [6.45, 7) is 4.32. The number of nitrogens with one attached hydrogen (secondary N) is 2. The zero-order valence-electron chi connectivity index (χ0n) is 34.7. The Labute approximate surface area is 348 Å². The predicted molar refractivity (Wildman–Crippen MR) is 230 cm³/mol. The molecule has 2 atom stereocenters. The molecule has 2 aliphatic carbocycles. The van der Waals surface area contributed by atoms with Gasteiger partial charge in [0, 0.05) is 50.4 Å². The molecule has 58 heavy (non-hydrogen) atoms. The molecular formula is C47H60N6O4S. The highest BCUT2D eigenvalue weighted by atomic mass is 32.1. The zero-order valence-corrected chi connectivity index (χ0v) is 34.5. The van der Waals surface area contributed by atoms with E-state index in [1.807, 2.05) is 47.8 Å². The third-order valence-corrected chi connectivity index (χ3v) is 14.1. The molecule has 4 N–H and O–H groups in total. The standard InChI is InChI=1S/C47H60N6O4S/c48-29-36-17-18-43(40-16-8-7-15-39(36)40)57-46(56)52-25-26-53(42(32-52)44(54)49-30-38-14-9-27-58-38)45(55)41(28-34-10-3-1-4-11-34)50-37-19-21-47(22-20-37)23-24-51(33-47)31-35-12-5-2-6-13-35/h2,5-9,12-18,27,34,37,41-42,50H,1,3-4,10-11,19-26,28-33,48H2,(H,49,54)/t37?,41-,42-,47?/m0/s1/i34D. The first kappa shape index (κ1) is 39.2. The molecule has 1 aromatic heterocycles. The number of fused-ring (bicyclic) bond motifs is 1. The van der Waals surface area contributed by atoms with Gasteiger partial charge in [0.05, 0.1) is 19.1 Å². The van der Waals surface area contributed by atoms with Crippen LogP contribution in [0.3, 0.4) is 0 Å². The number of benzene rings is 3. The summed E-state index contributed by atoms with van der Waals surface area (Å²) in [7, 11) is 0. The summed E-state index contributed by atoms with van der Waals surface area (Å²) in [5, 5.41) is 10.6. The van der Waals surface area contributed by atoms with Crippen LogP contribution in [0.4, 0.5) is 4.79 Å². The molecule has 2 aliphatic heterocycles. The first-order valence-electron chi connectivity index (χ1n) is 22.0. The van der Waals surface area contributed by atoms with Crippen molar-refractivity contribution in [3.05, 3.63) is 100 Å². The van der Waals surface area contributed by atoms with E-state index < -0.39 is 24.1 Å². The van der Waals surface area contributed by atoms with Crippen LogP contribution in [0.15, 0.2) is 84.2 Å². The van der Waals surface area contributed by atoms with Crippen molar-refractivity contribution < 1.29 is 20.5 Å². The average Bonchev–Trinajstić information content (AvgIpc) is 3.94. The van der Waals surface area contributed by atoms with Crippen LogP contribution < -0.4 is 21.1 Å². The number of hydrogen-bond acceptors (Lipinski definition) is 8. The lowest BCUT2D eigenvalue weighted by molar-refractivity contribution is -0.145. The Kier molecular flexibility index (Phi) is 12.7. The van der Waals surface area contributed by atoms with Crippen molar-refractivity contribution in [3.8, 4) is 5.75 Å². The molecule has 3 aromatic carbocycles. The lowest BCUT2D eigenvalue weighted by atomic mass is 9.71. The zero-order chi connectivity index (χ0) is 40.8. The number of hydrogen-bond donors (Lipinski definition) is 3. The molecule has 4 aromatic rings. The van der Waals surface area contributed by atoms with E-state index in [-0.39, 0.29) is 37.5 Å². The van der Waals surface area contributed by atoms with E-state index in [1.54, 1.807) is 27.2 Å². The van der Waals surface area contributed by atoms with Gasteiger partial charge in [-0.05, 0) is 90.4 Å². The van der Waals surface area contributed by atoms with Gasteiger partial charge in [-0.15, -0.1) is 11.3 Å². The van der Waals surface area contributed by atoms with Gasteiger partial charge >= 0.3 is 6.09 Å². The number of nitrogens with two attached hydrogens (primary N) is 1. The molecule has 4 fully saturated rings. The van der Waals surface area contributed by atoms with Crippen molar-refractivity contribution >= 4 is 40.0 Å². The minimum atomic E-state index is -0.916. The maximum Gasteiger partial charge on any atom is 0.415 e. The molecular weight excluding hydrogens is 745 g/mol.